The van der Waals surface area contributed by atoms with E-state index in [9.17, 15) is 22.0 Å². The zero-order valence-corrected chi connectivity index (χ0v) is 12.8. The van der Waals surface area contributed by atoms with Gasteiger partial charge in [-0.3, -0.25) is 0 Å². The molecule has 2 heterocycles. The first-order chi connectivity index (χ1) is 11.8. The Hall–Kier alpha value is -2.78. The van der Waals surface area contributed by atoms with Gasteiger partial charge in [0.1, 0.15) is 5.82 Å². The van der Waals surface area contributed by atoms with Gasteiger partial charge in [-0.25, -0.2) is 8.78 Å². The Morgan fingerprint density at radius 1 is 1.00 bits per heavy atom. The van der Waals surface area contributed by atoms with Gasteiger partial charge in [0, 0.05) is 6.04 Å². The van der Waals surface area contributed by atoms with Crippen molar-refractivity contribution in [2.45, 2.75) is 25.6 Å². The maximum Gasteiger partial charge on any atom is 0.416 e. The van der Waals surface area contributed by atoms with Crippen LogP contribution in [0.1, 0.15) is 36.3 Å². The van der Waals surface area contributed by atoms with E-state index in [0.29, 0.717) is 5.56 Å². The summed E-state index contributed by atoms with van der Waals surface area (Å²) in [4.78, 5) is 0. The number of anilines is 1. The molecule has 3 aromatic rings. The topological polar surface area (TPSA) is 55.1 Å². The van der Waals surface area contributed by atoms with Crippen molar-refractivity contribution >= 4 is 11.5 Å². The molecule has 10 heteroatoms. The number of hydrogen-bond donors (Lipinski definition) is 1. The summed E-state index contributed by atoms with van der Waals surface area (Å²) in [5.74, 6) is -0.317. The minimum Gasteiger partial charge on any atom is -0.362 e. The van der Waals surface area contributed by atoms with Crippen molar-refractivity contribution in [2.24, 2.45) is 0 Å². The summed E-state index contributed by atoms with van der Waals surface area (Å²) in [5, 5.41) is 13.9. The van der Waals surface area contributed by atoms with Crippen LogP contribution in [0.2, 0.25) is 0 Å². The smallest absolute Gasteiger partial charge is 0.362 e. The molecule has 0 aliphatic carbocycles. The zero-order valence-electron chi connectivity index (χ0n) is 12.8. The van der Waals surface area contributed by atoms with Crippen molar-refractivity contribution in [3.8, 4) is 0 Å². The van der Waals surface area contributed by atoms with Gasteiger partial charge < -0.3 is 5.32 Å². The summed E-state index contributed by atoms with van der Waals surface area (Å²) >= 11 is 0. The SMILES string of the molecule is C[C@@H](Nc1ccc2nnc(C(F)F)n2n1)c1ccc(C(F)(F)F)cc1. The first-order valence-electron chi connectivity index (χ1n) is 7.20. The number of rotatable bonds is 4. The molecule has 132 valence electrons. The van der Waals surface area contributed by atoms with E-state index in [4.69, 9.17) is 0 Å². The highest BCUT2D eigenvalue weighted by Gasteiger charge is 2.30. The van der Waals surface area contributed by atoms with Gasteiger partial charge in [0.15, 0.2) is 5.65 Å². The predicted octanol–water partition coefficient (Wildman–Crippen LogP) is 4.25. The third kappa shape index (κ3) is 3.52. The quantitative estimate of drug-likeness (QED) is 0.709. The van der Waals surface area contributed by atoms with Crippen LogP contribution in [-0.4, -0.2) is 19.8 Å². The molecule has 1 aromatic carbocycles. The normalized spacial score (nSPS) is 13.4. The second kappa shape index (κ2) is 6.26. The maximum atomic E-state index is 12.8. The lowest BCUT2D eigenvalue weighted by atomic mass is 10.1. The number of hydrogen-bond acceptors (Lipinski definition) is 4. The Labute approximate surface area is 138 Å². The van der Waals surface area contributed by atoms with Crippen molar-refractivity contribution in [1.29, 1.82) is 0 Å². The fraction of sp³-hybridized carbons (Fsp3) is 0.267. The van der Waals surface area contributed by atoms with Crippen LogP contribution in [0, 0.1) is 0 Å². The molecule has 0 aliphatic heterocycles. The Morgan fingerprint density at radius 3 is 2.28 bits per heavy atom. The van der Waals surface area contributed by atoms with Crippen LogP contribution in [0.4, 0.5) is 27.8 Å². The van der Waals surface area contributed by atoms with Crippen LogP contribution in [-0.2, 0) is 6.18 Å². The molecule has 2 aromatic heterocycles. The number of halogens is 5. The van der Waals surface area contributed by atoms with Crippen LogP contribution in [0.3, 0.4) is 0 Å². The predicted molar refractivity (Wildman–Crippen MR) is 79.2 cm³/mol. The van der Waals surface area contributed by atoms with Gasteiger partial charge in [0.05, 0.1) is 5.56 Å². The molecule has 0 fully saturated rings. The average molecular weight is 357 g/mol. The van der Waals surface area contributed by atoms with Gasteiger partial charge in [0.2, 0.25) is 5.82 Å². The molecule has 0 aliphatic rings. The standard InChI is InChI=1S/C15H12F5N5/c1-8(9-2-4-10(5-3-9)15(18,19)20)21-11-6-7-12-22-23-14(13(16)17)25(12)24-11/h2-8,13H,1H3,(H,21,24)/t8-/m1/s1. The van der Waals surface area contributed by atoms with Crippen molar-refractivity contribution in [3.05, 3.63) is 53.3 Å². The molecule has 0 amide bonds. The maximum absolute atomic E-state index is 12.8. The second-order valence-electron chi connectivity index (χ2n) is 5.33. The lowest BCUT2D eigenvalue weighted by Crippen LogP contribution is -2.11. The molecular formula is C15H12F5N5. The molecule has 3 rings (SSSR count). The van der Waals surface area contributed by atoms with Crippen molar-refractivity contribution < 1.29 is 22.0 Å². The van der Waals surface area contributed by atoms with Crippen LogP contribution in [0.15, 0.2) is 36.4 Å². The molecule has 0 saturated heterocycles. The number of nitrogens with one attached hydrogen (secondary N) is 1. The monoisotopic (exact) mass is 357 g/mol. The number of nitrogens with zero attached hydrogens (tertiary/aromatic N) is 4. The molecule has 0 bridgehead atoms. The van der Waals surface area contributed by atoms with Gasteiger partial charge >= 0.3 is 6.18 Å². The van der Waals surface area contributed by atoms with Gasteiger partial charge in [-0.15, -0.1) is 15.3 Å². The highest BCUT2D eigenvalue weighted by Crippen LogP contribution is 2.30. The van der Waals surface area contributed by atoms with E-state index >= 15 is 0 Å². The lowest BCUT2D eigenvalue weighted by molar-refractivity contribution is -0.137. The van der Waals surface area contributed by atoms with Gasteiger partial charge in [-0.1, -0.05) is 12.1 Å². The fourth-order valence-corrected chi connectivity index (χ4v) is 2.28. The van der Waals surface area contributed by atoms with Crippen LogP contribution < -0.4 is 5.32 Å². The number of benzene rings is 1. The first-order valence-corrected chi connectivity index (χ1v) is 7.20. The number of aromatic nitrogens is 4. The fourth-order valence-electron chi connectivity index (χ4n) is 2.28. The van der Waals surface area contributed by atoms with E-state index in [0.717, 1.165) is 16.6 Å². The summed E-state index contributed by atoms with van der Waals surface area (Å²) < 4.78 is 64.4. The first kappa shape index (κ1) is 17.1. The van der Waals surface area contributed by atoms with Crippen molar-refractivity contribution in [3.63, 3.8) is 0 Å². The summed E-state index contributed by atoms with van der Waals surface area (Å²) in [6.45, 7) is 1.72. The highest BCUT2D eigenvalue weighted by molar-refractivity contribution is 5.45. The van der Waals surface area contributed by atoms with Crippen LogP contribution in [0.5, 0.6) is 0 Å². The highest BCUT2D eigenvalue weighted by atomic mass is 19.4. The second-order valence-corrected chi connectivity index (χ2v) is 5.33. The molecular weight excluding hydrogens is 345 g/mol. The molecule has 25 heavy (non-hydrogen) atoms. The number of alkyl halides is 5. The summed E-state index contributed by atoms with van der Waals surface area (Å²) in [7, 11) is 0. The molecule has 0 saturated carbocycles. The minimum atomic E-state index is -4.40. The third-order valence-electron chi connectivity index (χ3n) is 3.58. The molecule has 0 radical (unpaired) electrons. The third-order valence-corrected chi connectivity index (χ3v) is 3.58. The van der Waals surface area contributed by atoms with E-state index in [1.165, 1.54) is 24.3 Å². The Balaban J connectivity index is 1.81. The Kier molecular flexibility index (Phi) is 4.27. The lowest BCUT2D eigenvalue weighted by Gasteiger charge is -2.16. The van der Waals surface area contributed by atoms with E-state index in [1.807, 2.05) is 0 Å². The summed E-state index contributed by atoms with van der Waals surface area (Å²) in [5.41, 5.74) is 0.0184. The van der Waals surface area contributed by atoms with Gasteiger partial charge in [0.25, 0.3) is 6.43 Å². The van der Waals surface area contributed by atoms with E-state index in [2.05, 4.69) is 20.6 Å². The van der Waals surface area contributed by atoms with E-state index in [-0.39, 0.29) is 11.5 Å². The molecule has 1 N–H and O–H groups in total. The summed E-state index contributed by atoms with van der Waals surface area (Å²) in [6, 6.07) is 7.27. The van der Waals surface area contributed by atoms with Crippen LogP contribution >= 0.6 is 0 Å². The van der Waals surface area contributed by atoms with Crippen molar-refractivity contribution in [2.75, 3.05) is 5.32 Å². The Bertz CT molecular complexity index is 872. The van der Waals surface area contributed by atoms with Crippen molar-refractivity contribution in [1.82, 2.24) is 19.8 Å². The Morgan fingerprint density at radius 2 is 1.68 bits per heavy atom. The van der Waals surface area contributed by atoms with Gasteiger partial charge in [-0.2, -0.15) is 17.7 Å². The minimum absolute atomic E-state index is 0.169. The van der Waals surface area contributed by atoms with E-state index in [1.54, 1.807) is 6.92 Å². The largest absolute Gasteiger partial charge is 0.416 e. The molecule has 0 spiro atoms. The summed E-state index contributed by atoms with van der Waals surface area (Å²) in [6.07, 6.45) is -7.23. The van der Waals surface area contributed by atoms with E-state index < -0.39 is 30.0 Å². The average Bonchev–Trinajstić information content (AvgIpc) is 2.97. The van der Waals surface area contributed by atoms with Gasteiger partial charge in [-0.05, 0) is 36.8 Å². The molecule has 5 nitrogen and oxygen atoms in total. The number of fused-ring (bicyclic) bond motifs is 1. The zero-order chi connectivity index (χ0) is 18.2. The molecule has 0 unspecified atom stereocenters. The molecule has 1 atom stereocenters. The van der Waals surface area contributed by atoms with Crippen LogP contribution in [0.25, 0.3) is 5.65 Å².